The molecule has 0 saturated carbocycles. The lowest BCUT2D eigenvalue weighted by atomic mass is 10.1. The molecule has 0 spiro atoms. The molecule has 1 N–H and O–H groups in total. The second kappa shape index (κ2) is 6.65. The summed E-state index contributed by atoms with van der Waals surface area (Å²) in [5.74, 6) is -0.132. The van der Waals surface area contributed by atoms with Gasteiger partial charge in [0.2, 0.25) is 0 Å². The van der Waals surface area contributed by atoms with Crippen LogP contribution >= 0.6 is 0 Å². The minimum atomic E-state index is -3.67. The number of rotatable bonds is 2. The summed E-state index contributed by atoms with van der Waals surface area (Å²) >= 11 is 0. The Labute approximate surface area is 124 Å². The molecule has 0 saturated heterocycles. The van der Waals surface area contributed by atoms with Gasteiger partial charge in [-0.2, -0.15) is 8.42 Å². The molecule has 5 heteroatoms. The predicted molar refractivity (Wildman–Crippen MR) is 86.0 cm³/mol. The largest absolute Gasteiger partial charge is 0.286 e. The zero-order chi connectivity index (χ0) is 15.3. The first-order valence-electron chi connectivity index (χ1n) is 6.69. The summed E-state index contributed by atoms with van der Waals surface area (Å²) in [6.07, 6.45) is 0.471. The van der Waals surface area contributed by atoms with Gasteiger partial charge in [0.25, 0.3) is 10.1 Å². The Bertz CT molecular complexity index is 739. The van der Waals surface area contributed by atoms with E-state index in [1.54, 1.807) is 6.92 Å². The molecule has 1 heterocycles. The van der Waals surface area contributed by atoms with Crippen molar-refractivity contribution in [3.63, 3.8) is 0 Å². The highest BCUT2D eigenvalue weighted by atomic mass is 32.2. The molecule has 110 valence electrons. The van der Waals surface area contributed by atoms with Crippen LogP contribution < -0.4 is 0 Å². The van der Waals surface area contributed by atoms with E-state index < -0.39 is 10.1 Å². The van der Waals surface area contributed by atoms with Gasteiger partial charge in [0.1, 0.15) is 0 Å². The monoisotopic (exact) mass is 303 g/mol. The van der Waals surface area contributed by atoms with Crippen LogP contribution in [0.2, 0.25) is 0 Å². The van der Waals surface area contributed by atoms with Crippen molar-refractivity contribution in [2.45, 2.75) is 13.3 Å². The Hall–Kier alpha value is -1.98. The van der Waals surface area contributed by atoms with E-state index in [1.807, 2.05) is 36.4 Å². The lowest BCUT2D eigenvalue weighted by Crippen LogP contribution is -2.01. The molecule has 1 aromatic heterocycles. The first-order valence-corrected chi connectivity index (χ1v) is 8.30. The highest BCUT2D eigenvalue weighted by Gasteiger charge is 1.98. The van der Waals surface area contributed by atoms with Crippen LogP contribution in [0.25, 0.3) is 21.8 Å². The summed E-state index contributed by atoms with van der Waals surface area (Å²) in [5, 5.41) is 2.40. The molecule has 0 unspecified atom stereocenters. The van der Waals surface area contributed by atoms with Gasteiger partial charge in [0, 0.05) is 10.8 Å². The third-order valence-corrected chi connectivity index (χ3v) is 3.81. The summed E-state index contributed by atoms with van der Waals surface area (Å²) in [6, 6.07) is 18.6. The van der Waals surface area contributed by atoms with E-state index in [-0.39, 0.29) is 5.75 Å². The fourth-order valence-corrected chi connectivity index (χ4v) is 2.49. The van der Waals surface area contributed by atoms with Crippen molar-refractivity contribution in [2.24, 2.45) is 0 Å². The zero-order valence-electron chi connectivity index (χ0n) is 11.7. The molecule has 0 bridgehead atoms. The minimum Gasteiger partial charge on any atom is -0.286 e. The number of benzene rings is 2. The quantitative estimate of drug-likeness (QED) is 0.579. The van der Waals surface area contributed by atoms with Gasteiger partial charge in [-0.1, -0.05) is 43.3 Å². The second-order valence-electron chi connectivity index (χ2n) is 4.66. The number of aromatic nitrogens is 1. The Morgan fingerprint density at radius 1 is 0.952 bits per heavy atom. The lowest BCUT2D eigenvalue weighted by molar-refractivity contribution is 0.482. The van der Waals surface area contributed by atoms with Crippen molar-refractivity contribution in [3.05, 3.63) is 54.6 Å². The molecular formula is C16H17NO3S. The van der Waals surface area contributed by atoms with Crippen molar-refractivity contribution >= 4 is 31.9 Å². The van der Waals surface area contributed by atoms with E-state index in [1.165, 1.54) is 10.8 Å². The van der Waals surface area contributed by atoms with E-state index in [4.69, 9.17) is 4.55 Å². The molecule has 4 nitrogen and oxygen atoms in total. The summed E-state index contributed by atoms with van der Waals surface area (Å²) < 4.78 is 27.6. The van der Waals surface area contributed by atoms with Crippen molar-refractivity contribution in [1.29, 1.82) is 0 Å². The fraction of sp³-hybridized carbons (Fsp3) is 0.188. The van der Waals surface area contributed by atoms with Crippen molar-refractivity contribution in [3.8, 4) is 0 Å². The normalized spacial score (nSPS) is 11.1. The molecule has 21 heavy (non-hydrogen) atoms. The van der Waals surface area contributed by atoms with Crippen molar-refractivity contribution < 1.29 is 13.0 Å². The minimum absolute atomic E-state index is 0.132. The summed E-state index contributed by atoms with van der Waals surface area (Å²) in [7, 11) is -3.67. The van der Waals surface area contributed by atoms with Crippen LogP contribution in [0.15, 0.2) is 54.6 Å². The Morgan fingerprint density at radius 3 is 1.81 bits per heavy atom. The smallest absolute Gasteiger partial charge is 0.264 e. The summed E-state index contributed by atoms with van der Waals surface area (Å²) in [6.45, 7) is 1.69. The molecule has 0 amide bonds. The van der Waals surface area contributed by atoms with Gasteiger partial charge in [-0.3, -0.25) is 4.55 Å². The highest BCUT2D eigenvalue weighted by Crippen LogP contribution is 2.18. The molecular weight excluding hydrogens is 286 g/mol. The van der Waals surface area contributed by atoms with E-state index in [0.29, 0.717) is 6.42 Å². The number of hydrogen-bond acceptors (Lipinski definition) is 3. The van der Waals surface area contributed by atoms with Crippen molar-refractivity contribution in [2.75, 3.05) is 5.75 Å². The molecule has 0 atom stereocenters. The number of pyridine rings is 1. The average Bonchev–Trinajstić information content (AvgIpc) is 2.44. The first kappa shape index (κ1) is 15.4. The Kier molecular flexibility index (Phi) is 4.88. The van der Waals surface area contributed by atoms with Crippen molar-refractivity contribution in [1.82, 2.24) is 4.98 Å². The molecule has 2 aromatic carbocycles. The maximum absolute atomic E-state index is 9.79. The first-order chi connectivity index (χ1) is 9.99. The molecule has 3 rings (SSSR count). The number of hydrogen-bond donors (Lipinski definition) is 1. The third-order valence-electron chi connectivity index (χ3n) is 2.89. The van der Waals surface area contributed by atoms with Crippen LogP contribution in [0, 0.1) is 0 Å². The molecule has 0 radical (unpaired) electrons. The van der Waals surface area contributed by atoms with Crippen LogP contribution in [-0.4, -0.2) is 23.7 Å². The summed E-state index contributed by atoms with van der Waals surface area (Å²) in [5.41, 5.74) is 2.12. The van der Waals surface area contributed by atoms with E-state index in [9.17, 15) is 8.42 Å². The third kappa shape index (κ3) is 4.51. The number of para-hydroxylation sites is 2. The summed E-state index contributed by atoms with van der Waals surface area (Å²) in [4.78, 5) is 4.58. The van der Waals surface area contributed by atoms with Crippen LogP contribution in [0.1, 0.15) is 13.3 Å². The number of fused-ring (bicyclic) bond motifs is 2. The maximum Gasteiger partial charge on any atom is 0.264 e. The zero-order valence-corrected chi connectivity index (χ0v) is 12.5. The lowest BCUT2D eigenvalue weighted by Gasteiger charge is -1.99. The molecule has 0 fully saturated rings. The molecule has 0 aliphatic heterocycles. The van der Waals surface area contributed by atoms with Gasteiger partial charge in [-0.15, -0.1) is 0 Å². The SMILES string of the molecule is CCCS(=O)(=O)O.c1ccc2nc3ccccc3cc2c1. The topological polar surface area (TPSA) is 67.3 Å². The van der Waals surface area contributed by atoms with Gasteiger partial charge < -0.3 is 0 Å². The predicted octanol–water partition coefficient (Wildman–Crippen LogP) is 3.67. The fourth-order valence-electron chi connectivity index (χ4n) is 1.98. The molecule has 3 aromatic rings. The van der Waals surface area contributed by atoms with Crippen LogP contribution in [0.5, 0.6) is 0 Å². The van der Waals surface area contributed by atoms with Gasteiger partial charge >= 0.3 is 0 Å². The van der Waals surface area contributed by atoms with Crippen LogP contribution in [-0.2, 0) is 10.1 Å². The molecule has 0 aliphatic carbocycles. The average molecular weight is 303 g/mol. The van der Waals surface area contributed by atoms with Crippen LogP contribution in [0.4, 0.5) is 0 Å². The molecule has 0 aliphatic rings. The second-order valence-corrected chi connectivity index (χ2v) is 6.23. The van der Waals surface area contributed by atoms with E-state index >= 15 is 0 Å². The standard InChI is InChI=1S/C13H9N.C3H8O3S/c1-3-7-12-10(5-1)9-11-6-2-4-8-13(11)14-12;1-2-3-7(4,5)6/h1-9H;2-3H2,1H3,(H,4,5,6). The van der Waals surface area contributed by atoms with Gasteiger partial charge in [0.15, 0.2) is 0 Å². The van der Waals surface area contributed by atoms with Gasteiger partial charge in [-0.05, 0) is 24.6 Å². The van der Waals surface area contributed by atoms with E-state index in [2.05, 4.69) is 23.2 Å². The van der Waals surface area contributed by atoms with Gasteiger partial charge in [-0.25, -0.2) is 4.98 Å². The van der Waals surface area contributed by atoms with E-state index in [0.717, 1.165) is 11.0 Å². The van der Waals surface area contributed by atoms with Gasteiger partial charge in [0.05, 0.1) is 16.8 Å². The number of nitrogens with zero attached hydrogens (tertiary/aromatic N) is 1. The maximum atomic E-state index is 9.79. The highest BCUT2D eigenvalue weighted by molar-refractivity contribution is 7.85. The Balaban J connectivity index is 0.000000199. The van der Waals surface area contributed by atoms with Crippen LogP contribution in [0.3, 0.4) is 0 Å². The Morgan fingerprint density at radius 2 is 1.43 bits per heavy atom.